The lowest BCUT2D eigenvalue weighted by Crippen LogP contribution is -2.60. The first-order valence-corrected chi connectivity index (χ1v) is 12.6. The first-order valence-electron chi connectivity index (χ1n) is 12.6. The van der Waals surface area contributed by atoms with Crippen LogP contribution in [0.3, 0.4) is 0 Å². The molecule has 0 amide bonds. The summed E-state index contributed by atoms with van der Waals surface area (Å²) in [4.78, 5) is 6.60. The number of hydrogen-bond donors (Lipinski definition) is 0. The lowest BCUT2D eigenvalue weighted by atomic mass is 9.84. The molecule has 0 aliphatic carbocycles. The number of rotatable bonds is 14. The quantitative estimate of drug-likeness (QED) is 0.232. The molecule has 0 fully saturated rings. The largest absolute Gasteiger partial charge is 0.375 e. The molecule has 0 heterocycles. The highest BCUT2D eigenvalue weighted by molar-refractivity contribution is 5.25. The first kappa shape index (κ1) is 27.1. The molecule has 4 nitrogen and oxygen atoms in total. The van der Waals surface area contributed by atoms with Crippen LogP contribution in [0.15, 0.2) is 91.0 Å². The Hall–Kier alpha value is -2.50. The van der Waals surface area contributed by atoms with Crippen LogP contribution >= 0.6 is 0 Å². The molecule has 0 saturated heterocycles. The summed E-state index contributed by atoms with van der Waals surface area (Å²) in [6.45, 7) is 12.9. The maximum Gasteiger partial charge on any atom is 0.0948 e. The molecule has 0 spiro atoms. The maximum atomic E-state index is 6.60. The number of hydroxylamine groups is 2. The Morgan fingerprint density at radius 3 is 1.60 bits per heavy atom. The number of hydrogen-bond acceptors (Lipinski definition) is 4. The van der Waals surface area contributed by atoms with E-state index in [2.05, 4.69) is 94.3 Å². The van der Waals surface area contributed by atoms with Crippen LogP contribution in [0.1, 0.15) is 57.7 Å². The highest BCUT2D eigenvalue weighted by atomic mass is 16.7. The Labute approximate surface area is 211 Å². The number of nitrogens with zero attached hydrogens (tertiary/aromatic N) is 1. The van der Waals surface area contributed by atoms with Crippen molar-refractivity contribution in [2.24, 2.45) is 0 Å². The SMILES string of the molecule is CCC(COCc1ccccc1)(c1ccccc1)N(OC(C)C)C(C)(C)COCc1ccccc1. The van der Waals surface area contributed by atoms with Gasteiger partial charge in [-0.05, 0) is 50.8 Å². The summed E-state index contributed by atoms with van der Waals surface area (Å²) in [5, 5.41) is 2.15. The molecule has 0 bridgehead atoms. The molecular formula is C31H41NO3. The van der Waals surface area contributed by atoms with Crippen LogP contribution in [-0.4, -0.2) is 29.9 Å². The Kier molecular flexibility index (Phi) is 10.1. The van der Waals surface area contributed by atoms with E-state index in [0.29, 0.717) is 26.4 Å². The predicted octanol–water partition coefficient (Wildman–Crippen LogP) is 7.15. The van der Waals surface area contributed by atoms with E-state index in [1.807, 2.05) is 36.4 Å². The molecule has 0 aliphatic heterocycles. The molecule has 3 aromatic rings. The average molecular weight is 476 g/mol. The Morgan fingerprint density at radius 2 is 1.14 bits per heavy atom. The summed E-state index contributed by atoms with van der Waals surface area (Å²) in [6, 6.07) is 31.2. The van der Waals surface area contributed by atoms with Gasteiger partial charge in [0, 0.05) is 0 Å². The molecule has 35 heavy (non-hydrogen) atoms. The fraction of sp³-hybridized carbons (Fsp3) is 0.419. The minimum absolute atomic E-state index is 0.00663. The maximum absolute atomic E-state index is 6.60. The Bertz CT molecular complexity index is 976. The van der Waals surface area contributed by atoms with Gasteiger partial charge in [0.25, 0.3) is 0 Å². The summed E-state index contributed by atoms with van der Waals surface area (Å²) >= 11 is 0. The van der Waals surface area contributed by atoms with Gasteiger partial charge in [-0.15, -0.1) is 0 Å². The highest BCUT2D eigenvalue weighted by Crippen LogP contribution is 2.39. The molecule has 1 unspecified atom stereocenters. The zero-order valence-electron chi connectivity index (χ0n) is 21.9. The second-order valence-electron chi connectivity index (χ2n) is 9.97. The van der Waals surface area contributed by atoms with Crippen molar-refractivity contribution < 1.29 is 14.3 Å². The summed E-state index contributed by atoms with van der Waals surface area (Å²) in [6.07, 6.45) is 0.827. The smallest absolute Gasteiger partial charge is 0.0948 e. The van der Waals surface area contributed by atoms with Gasteiger partial charge in [0.2, 0.25) is 0 Å². The van der Waals surface area contributed by atoms with Gasteiger partial charge in [-0.1, -0.05) is 97.9 Å². The van der Waals surface area contributed by atoms with Gasteiger partial charge in [0.05, 0.1) is 43.6 Å². The molecule has 3 rings (SSSR count). The van der Waals surface area contributed by atoms with Crippen molar-refractivity contribution in [3.8, 4) is 0 Å². The van der Waals surface area contributed by atoms with Crippen molar-refractivity contribution in [3.63, 3.8) is 0 Å². The predicted molar refractivity (Wildman–Crippen MR) is 143 cm³/mol. The second kappa shape index (κ2) is 13.0. The van der Waals surface area contributed by atoms with Crippen LogP contribution in [0.25, 0.3) is 0 Å². The third-order valence-corrected chi connectivity index (χ3v) is 6.17. The molecule has 0 saturated carbocycles. The van der Waals surface area contributed by atoms with E-state index >= 15 is 0 Å². The van der Waals surface area contributed by atoms with E-state index in [4.69, 9.17) is 14.3 Å². The zero-order valence-corrected chi connectivity index (χ0v) is 21.9. The highest BCUT2D eigenvalue weighted by Gasteiger charge is 2.46. The lowest BCUT2D eigenvalue weighted by molar-refractivity contribution is -0.313. The van der Waals surface area contributed by atoms with Crippen molar-refractivity contribution in [1.29, 1.82) is 0 Å². The minimum atomic E-state index is -0.486. The van der Waals surface area contributed by atoms with E-state index in [1.165, 1.54) is 5.56 Å². The molecule has 0 aromatic heterocycles. The molecular weight excluding hydrogens is 434 g/mol. The van der Waals surface area contributed by atoms with Gasteiger partial charge in [0.1, 0.15) is 0 Å². The van der Waals surface area contributed by atoms with E-state index < -0.39 is 11.1 Å². The van der Waals surface area contributed by atoms with Crippen molar-refractivity contribution in [3.05, 3.63) is 108 Å². The van der Waals surface area contributed by atoms with Crippen molar-refractivity contribution in [2.45, 2.75) is 71.4 Å². The van der Waals surface area contributed by atoms with Crippen molar-refractivity contribution >= 4 is 0 Å². The summed E-state index contributed by atoms with van der Waals surface area (Å²) in [5.74, 6) is 0. The van der Waals surface area contributed by atoms with Gasteiger partial charge in [-0.2, -0.15) is 5.06 Å². The van der Waals surface area contributed by atoms with Crippen LogP contribution in [0.2, 0.25) is 0 Å². The minimum Gasteiger partial charge on any atom is -0.375 e. The molecule has 4 heteroatoms. The third-order valence-electron chi connectivity index (χ3n) is 6.17. The van der Waals surface area contributed by atoms with Crippen LogP contribution in [-0.2, 0) is 33.1 Å². The van der Waals surface area contributed by atoms with E-state index in [1.54, 1.807) is 0 Å². The van der Waals surface area contributed by atoms with E-state index in [0.717, 1.165) is 17.5 Å². The standard InChI is InChI=1S/C31H41NO3/c1-6-31(29-20-14-9-15-21-29,25-34-23-28-18-12-8-13-19-28)32(35-26(2)3)30(4,5)24-33-22-27-16-10-7-11-17-27/h7-21,26H,6,22-25H2,1-5H3. The average Bonchev–Trinajstić information content (AvgIpc) is 2.87. The van der Waals surface area contributed by atoms with Gasteiger partial charge in [-0.25, -0.2) is 0 Å². The third kappa shape index (κ3) is 7.49. The fourth-order valence-corrected chi connectivity index (χ4v) is 4.45. The van der Waals surface area contributed by atoms with Gasteiger partial charge in [-0.3, -0.25) is 4.84 Å². The van der Waals surface area contributed by atoms with Crippen LogP contribution in [0.4, 0.5) is 0 Å². The lowest BCUT2D eigenvalue weighted by Gasteiger charge is -2.51. The van der Waals surface area contributed by atoms with E-state index in [-0.39, 0.29) is 6.10 Å². The van der Waals surface area contributed by atoms with Crippen LogP contribution in [0, 0.1) is 0 Å². The monoisotopic (exact) mass is 475 g/mol. The van der Waals surface area contributed by atoms with Crippen molar-refractivity contribution in [1.82, 2.24) is 5.06 Å². The Balaban J connectivity index is 1.88. The zero-order chi connectivity index (χ0) is 25.2. The molecule has 0 N–H and O–H groups in total. The van der Waals surface area contributed by atoms with Crippen LogP contribution in [0.5, 0.6) is 0 Å². The number of benzene rings is 3. The second-order valence-corrected chi connectivity index (χ2v) is 9.97. The fourth-order valence-electron chi connectivity index (χ4n) is 4.45. The Morgan fingerprint density at radius 1 is 0.686 bits per heavy atom. The van der Waals surface area contributed by atoms with Gasteiger partial charge in [0.15, 0.2) is 0 Å². The van der Waals surface area contributed by atoms with Crippen LogP contribution < -0.4 is 0 Å². The molecule has 3 aromatic carbocycles. The molecule has 0 radical (unpaired) electrons. The van der Waals surface area contributed by atoms with Crippen molar-refractivity contribution in [2.75, 3.05) is 13.2 Å². The van der Waals surface area contributed by atoms with Gasteiger partial charge < -0.3 is 9.47 Å². The molecule has 1 atom stereocenters. The normalized spacial score (nSPS) is 13.8. The molecule has 0 aliphatic rings. The van der Waals surface area contributed by atoms with E-state index in [9.17, 15) is 0 Å². The molecule has 188 valence electrons. The first-order chi connectivity index (χ1) is 16.9. The number of ether oxygens (including phenoxy) is 2. The summed E-state index contributed by atoms with van der Waals surface area (Å²) in [5.41, 5.74) is 2.59. The summed E-state index contributed by atoms with van der Waals surface area (Å²) in [7, 11) is 0. The van der Waals surface area contributed by atoms with Gasteiger partial charge >= 0.3 is 0 Å². The summed E-state index contributed by atoms with van der Waals surface area (Å²) < 4.78 is 12.6. The topological polar surface area (TPSA) is 30.9 Å².